The van der Waals surface area contributed by atoms with Gasteiger partial charge in [-0.25, -0.2) is 0 Å². The van der Waals surface area contributed by atoms with E-state index in [1.54, 1.807) is 18.3 Å². The van der Waals surface area contributed by atoms with Crippen molar-refractivity contribution in [1.29, 1.82) is 0 Å². The standard InChI is InChI=1S/C12H19N3O/c1-3-7-15(8-4-2)12(16)11-9-10(13)5-6-14-11/h5-6,9H,3-4,7-8H2,1-2H3,(H2,13,14). The van der Waals surface area contributed by atoms with Crippen LogP contribution in [0.5, 0.6) is 0 Å². The SMILES string of the molecule is CCCN(CCC)C(=O)c1cc(N)ccn1. The first kappa shape index (κ1) is 12.5. The molecule has 0 aliphatic rings. The maximum Gasteiger partial charge on any atom is 0.272 e. The molecule has 1 amide bonds. The van der Waals surface area contributed by atoms with Crippen LogP contribution >= 0.6 is 0 Å². The Bertz CT molecular complexity index is 346. The molecule has 4 heteroatoms. The van der Waals surface area contributed by atoms with E-state index in [0.717, 1.165) is 25.9 Å². The molecule has 0 atom stereocenters. The highest BCUT2D eigenvalue weighted by Crippen LogP contribution is 2.07. The van der Waals surface area contributed by atoms with Gasteiger partial charge in [-0.05, 0) is 25.0 Å². The predicted molar refractivity (Wildman–Crippen MR) is 65.1 cm³/mol. The molecule has 0 aliphatic heterocycles. The molecule has 0 saturated heterocycles. The number of rotatable bonds is 5. The van der Waals surface area contributed by atoms with Gasteiger partial charge in [0, 0.05) is 25.0 Å². The molecule has 0 saturated carbocycles. The fraction of sp³-hybridized carbons (Fsp3) is 0.500. The number of amides is 1. The average molecular weight is 221 g/mol. The van der Waals surface area contributed by atoms with E-state index in [4.69, 9.17) is 5.73 Å². The second-order valence-electron chi connectivity index (χ2n) is 3.77. The largest absolute Gasteiger partial charge is 0.399 e. The van der Waals surface area contributed by atoms with Gasteiger partial charge < -0.3 is 10.6 Å². The zero-order valence-electron chi connectivity index (χ0n) is 9.94. The van der Waals surface area contributed by atoms with Crippen LogP contribution < -0.4 is 5.73 Å². The van der Waals surface area contributed by atoms with Crippen molar-refractivity contribution in [2.75, 3.05) is 18.8 Å². The number of carbonyl (C=O) groups is 1. The molecule has 1 heterocycles. The average Bonchev–Trinajstić information content (AvgIpc) is 2.28. The number of carbonyl (C=O) groups excluding carboxylic acids is 1. The number of nitrogens with two attached hydrogens (primary N) is 1. The van der Waals surface area contributed by atoms with Gasteiger partial charge in [0.05, 0.1) is 0 Å². The summed E-state index contributed by atoms with van der Waals surface area (Å²) in [4.78, 5) is 18.0. The Morgan fingerprint density at radius 2 is 2.00 bits per heavy atom. The van der Waals surface area contributed by atoms with Crippen LogP contribution in [-0.2, 0) is 0 Å². The highest BCUT2D eigenvalue weighted by atomic mass is 16.2. The Balaban J connectivity index is 2.81. The third kappa shape index (κ3) is 3.22. The minimum Gasteiger partial charge on any atom is -0.399 e. The summed E-state index contributed by atoms with van der Waals surface area (Å²) in [5, 5.41) is 0. The Morgan fingerprint density at radius 1 is 1.38 bits per heavy atom. The molecule has 0 unspecified atom stereocenters. The molecule has 4 nitrogen and oxygen atoms in total. The van der Waals surface area contributed by atoms with Gasteiger partial charge >= 0.3 is 0 Å². The lowest BCUT2D eigenvalue weighted by Gasteiger charge is -2.20. The van der Waals surface area contributed by atoms with Crippen molar-refractivity contribution in [2.24, 2.45) is 0 Å². The lowest BCUT2D eigenvalue weighted by molar-refractivity contribution is 0.0750. The summed E-state index contributed by atoms with van der Waals surface area (Å²) >= 11 is 0. The number of nitrogens with zero attached hydrogens (tertiary/aromatic N) is 2. The van der Waals surface area contributed by atoms with Gasteiger partial charge in [-0.3, -0.25) is 9.78 Å². The van der Waals surface area contributed by atoms with Crippen molar-refractivity contribution in [3.63, 3.8) is 0 Å². The van der Waals surface area contributed by atoms with Gasteiger partial charge in [0.25, 0.3) is 5.91 Å². The summed E-state index contributed by atoms with van der Waals surface area (Å²) in [7, 11) is 0. The number of pyridine rings is 1. The van der Waals surface area contributed by atoms with Crippen molar-refractivity contribution in [3.05, 3.63) is 24.0 Å². The molecule has 0 bridgehead atoms. The van der Waals surface area contributed by atoms with Crippen molar-refractivity contribution < 1.29 is 4.79 Å². The van der Waals surface area contributed by atoms with Crippen molar-refractivity contribution in [1.82, 2.24) is 9.88 Å². The fourth-order valence-electron chi connectivity index (χ4n) is 1.58. The molecule has 0 aliphatic carbocycles. The quantitative estimate of drug-likeness (QED) is 0.826. The lowest BCUT2D eigenvalue weighted by Crippen LogP contribution is -2.33. The minimum absolute atomic E-state index is 0.0315. The maximum absolute atomic E-state index is 12.1. The van der Waals surface area contributed by atoms with Crippen LogP contribution in [-0.4, -0.2) is 28.9 Å². The van der Waals surface area contributed by atoms with Crippen molar-refractivity contribution >= 4 is 11.6 Å². The van der Waals surface area contributed by atoms with Crippen molar-refractivity contribution in [3.8, 4) is 0 Å². The van der Waals surface area contributed by atoms with Crippen LogP contribution in [0.1, 0.15) is 37.2 Å². The number of nitrogen functional groups attached to an aromatic ring is 1. The predicted octanol–water partition coefficient (Wildman–Crippen LogP) is 1.93. The summed E-state index contributed by atoms with van der Waals surface area (Å²) in [6.45, 7) is 5.65. The van der Waals surface area contributed by atoms with Gasteiger partial charge in [0.15, 0.2) is 0 Å². The van der Waals surface area contributed by atoms with Crippen molar-refractivity contribution in [2.45, 2.75) is 26.7 Å². The third-order valence-corrected chi connectivity index (χ3v) is 2.28. The summed E-state index contributed by atoms with van der Waals surface area (Å²) in [5.41, 5.74) is 6.64. The molecule has 1 rings (SSSR count). The Kier molecular flexibility index (Phi) is 4.76. The van der Waals surface area contributed by atoms with Crippen LogP contribution in [0.2, 0.25) is 0 Å². The van der Waals surface area contributed by atoms with E-state index in [2.05, 4.69) is 18.8 Å². The van der Waals surface area contributed by atoms with E-state index < -0.39 is 0 Å². The minimum atomic E-state index is -0.0315. The summed E-state index contributed by atoms with van der Waals surface area (Å²) < 4.78 is 0. The number of anilines is 1. The van der Waals surface area contributed by atoms with E-state index in [-0.39, 0.29) is 5.91 Å². The first-order chi connectivity index (χ1) is 7.69. The zero-order valence-corrected chi connectivity index (χ0v) is 9.94. The van der Waals surface area contributed by atoms with Gasteiger partial charge in [0.1, 0.15) is 5.69 Å². The molecule has 0 radical (unpaired) electrons. The van der Waals surface area contributed by atoms with E-state index >= 15 is 0 Å². The topological polar surface area (TPSA) is 59.2 Å². The molecule has 2 N–H and O–H groups in total. The Morgan fingerprint density at radius 3 is 2.50 bits per heavy atom. The van der Waals surface area contributed by atoms with Gasteiger partial charge in [-0.2, -0.15) is 0 Å². The molecular weight excluding hydrogens is 202 g/mol. The monoisotopic (exact) mass is 221 g/mol. The molecule has 0 aromatic carbocycles. The van der Waals surface area contributed by atoms with E-state index in [1.807, 2.05) is 4.90 Å². The maximum atomic E-state index is 12.1. The van der Waals surface area contributed by atoms with Crippen LogP contribution in [0.3, 0.4) is 0 Å². The molecule has 0 fully saturated rings. The Hall–Kier alpha value is -1.58. The highest BCUT2D eigenvalue weighted by molar-refractivity contribution is 5.93. The normalized spacial score (nSPS) is 10.1. The first-order valence-electron chi connectivity index (χ1n) is 5.69. The first-order valence-corrected chi connectivity index (χ1v) is 5.69. The highest BCUT2D eigenvalue weighted by Gasteiger charge is 2.15. The van der Waals surface area contributed by atoms with Gasteiger partial charge in [-0.1, -0.05) is 13.8 Å². The van der Waals surface area contributed by atoms with E-state index in [1.165, 1.54) is 0 Å². The molecule has 16 heavy (non-hydrogen) atoms. The summed E-state index contributed by atoms with van der Waals surface area (Å²) in [6.07, 6.45) is 3.47. The van der Waals surface area contributed by atoms with Crippen LogP contribution in [0.25, 0.3) is 0 Å². The zero-order chi connectivity index (χ0) is 12.0. The molecule has 1 aromatic heterocycles. The smallest absolute Gasteiger partial charge is 0.272 e. The summed E-state index contributed by atoms with van der Waals surface area (Å²) in [6, 6.07) is 3.31. The summed E-state index contributed by atoms with van der Waals surface area (Å²) in [5.74, 6) is -0.0315. The van der Waals surface area contributed by atoms with E-state index in [0.29, 0.717) is 11.4 Å². The molecule has 0 spiro atoms. The van der Waals surface area contributed by atoms with E-state index in [9.17, 15) is 4.79 Å². The Labute approximate surface area is 96.5 Å². The molecular formula is C12H19N3O. The van der Waals surface area contributed by atoms with Crippen LogP contribution in [0, 0.1) is 0 Å². The lowest BCUT2D eigenvalue weighted by atomic mass is 10.2. The third-order valence-electron chi connectivity index (χ3n) is 2.28. The van der Waals surface area contributed by atoms with Gasteiger partial charge in [0.2, 0.25) is 0 Å². The number of hydrogen-bond donors (Lipinski definition) is 1. The number of aromatic nitrogens is 1. The second kappa shape index (κ2) is 6.10. The van der Waals surface area contributed by atoms with Crippen LogP contribution in [0.4, 0.5) is 5.69 Å². The molecule has 1 aromatic rings. The van der Waals surface area contributed by atoms with Crippen LogP contribution in [0.15, 0.2) is 18.3 Å². The van der Waals surface area contributed by atoms with Gasteiger partial charge in [-0.15, -0.1) is 0 Å². The number of hydrogen-bond acceptors (Lipinski definition) is 3. The fourth-order valence-corrected chi connectivity index (χ4v) is 1.58. The second-order valence-corrected chi connectivity index (χ2v) is 3.77. The molecule has 88 valence electrons.